The molecule has 2 saturated carbocycles. The number of anilines is 1. The molecule has 1 unspecified atom stereocenters. The van der Waals surface area contributed by atoms with Crippen molar-refractivity contribution in [2.45, 2.75) is 80.9 Å². The molecule has 1 atom stereocenters. The van der Waals surface area contributed by atoms with Crippen molar-refractivity contribution in [3.8, 4) is 5.75 Å². The van der Waals surface area contributed by atoms with Crippen molar-refractivity contribution in [3.63, 3.8) is 0 Å². The normalized spacial score (nSPS) is 16.4. The number of nitrogens with zero attached hydrogens (tertiary/aromatic N) is 4. The summed E-state index contributed by atoms with van der Waals surface area (Å²) in [6.45, 7) is 0.712. The van der Waals surface area contributed by atoms with Crippen molar-refractivity contribution < 1.29 is 52.2 Å². The third-order valence-corrected chi connectivity index (χ3v) is 10.0. The van der Waals surface area contributed by atoms with E-state index in [2.05, 4.69) is 15.0 Å². The van der Waals surface area contributed by atoms with Crippen LogP contribution >= 0.6 is 19.4 Å². The number of nitrogens with two attached hydrogens (primary N) is 1. The minimum absolute atomic E-state index is 0.0664. The molecule has 0 aliphatic heterocycles. The molecular weight excluding hydrogens is 669 g/mol. The van der Waals surface area contributed by atoms with E-state index < -0.39 is 45.6 Å². The molecule has 0 saturated heterocycles. The number of ether oxygens (including phenoxy) is 4. The number of benzene rings is 1. The summed E-state index contributed by atoms with van der Waals surface area (Å²) in [5.74, 6) is -0.444. The number of nitrogen functional groups attached to an aromatic ring is 1. The van der Waals surface area contributed by atoms with Crippen molar-refractivity contribution in [1.82, 2.24) is 19.5 Å². The van der Waals surface area contributed by atoms with Crippen molar-refractivity contribution in [1.29, 1.82) is 0 Å². The molecule has 0 radical (unpaired) electrons. The van der Waals surface area contributed by atoms with Crippen LogP contribution in [0.2, 0.25) is 0 Å². The molecule has 0 amide bonds. The zero-order valence-electron chi connectivity index (χ0n) is 26.8. The number of aromatic nitrogens is 4. The average Bonchev–Trinajstić information content (AvgIpc) is 3.88. The molecule has 2 heterocycles. The fourth-order valence-electron chi connectivity index (χ4n) is 5.42. The predicted octanol–water partition coefficient (Wildman–Crippen LogP) is 5.40. The van der Waals surface area contributed by atoms with E-state index in [0.29, 0.717) is 16.2 Å². The van der Waals surface area contributed by atoms with Gasteiger partial charge in [0.15, 0.2) is 12.0 Å². The summed E-state index contributed by atoms with van der Waals surface area (Å²) in [6.07, 6.45) is 7.17. The first-order valence-corrected chi connectivity index (χ1v) is 18.2. The number of hydrogen-bond donors (Lipinski definition) is 1. The van der Waals surface area contributed by atoms with E-state index in [4.69, 9.17) is 43.8 Å². The van der Waals surface area contributed by atoms with Gasteiger partial charge < -0.3 is 29.2 Å². The number of fused-ring (bicyclic) bond motifs is 1. The average molecular weight is 710 g/mol. The minimum atomic E-state index is -4.27. The Morgan fingerprint density at radius 2 is 1.54 bits per heavy atom. The van der Waals surface area contributed by atoms with Crippen LogP contribution in [0.3, 0.4) is 0 Å². The molecule has 0 spiro atoms. The van der Waals surface area contributed by atoms with Gasteiger partial charge in [-0.2, -0.15) is 14.8 Å². The molecule has 16 nitrogen and oxygen atoms in total. The number of carbonyl (C=O) groups is 2. The second-order valence-corrected chi connectivity index (χ2v) is 14.3. The van der Waals surface area contributed by atoms with Crippen LogP contribution in [0.15, 0.2) is 40.5 Å². The first-order valence-electron chi connectivity index (χ1n) is 15.7. The largest absolute Gasteiger partial charge is 0.497 e. The molecule has 18 heteroatoms. The van der Waals surface area contributed by atoms with Crippen LogP contribution in [0.1, 0.15) is 58.3 Å². The summed E-state index contributed by atoms with van der Waals surface area (Å²) >= 11 is 1.38. The van der Waals surface area contributed by atoms with Crippen molar-refractivity contribution in [3.05, 3.63) is 30.6 Å². The van der Waals surface area contributed by atoms with Crippen molar-refractivity contribution in [2.75, 3.05) is 32.8 Å². The lowest BCUT2D eigenvalue weighted by atomic mass is 10.1. The molecule has 5 rings (SSSR count). The molecule has 2 fully saturated rings. The van der Waals surface area contributed by atoms with Crippen LogP contribution in [0.5, 0.6) is 5.75 Å². The maximum Gasteiger partial charge on any atom is 0.409 e. The molecule has 2 aromatic heterocycles. The summed E-state index contributed by atoms with van der Waals surface area (Å²) in [5.41, 5.74) is 7.05. The van der Waals surface area contributed by atoms with Crippen LogP contribution < -0.4 is 10.5 Å². The Hall–Kier alpha value is -3.31. The summed E-state index contributed by atoms with van der Waals surface area (Å²) in [6, 6.07) is 7.48. The summed E-state index contributed by atoms with van der Waals surface area (Å²) in [4.78, 5) is 48.3. The Kier molecular flexibility index (Phi) is 13.0. The molecule has 0 bridgehead atoms. The van der Waals surface area contributed by atoms with E-state index in [1.54, 1.807) is 24.9 Å². The lowest BCUT2D eigenvalue weighted by molar-refractivity contribution is -0.311. The number of imidazole rings is 1. The Morgan fingerprint density at radius 1 is 0.958 bits per heavy atom. The van der Waals surface area contributed by atoms with Crippen LogP contribution in [0, 0.1) is 11.8 Å². The number of esters is 2. The first kappa shape index (κ1) is 36.0. The molecule has 2 N–H and O–H groups in total. The van der Waals surface area contributed by atoms with Crippen LogP contribution in [0.25, 0.3) is 11.2 Å². The van der Waals surface area contributed by atoms with Gasteiger partial charge in [-0.05, 0) is 56.9 Å². The van der Waals surface area contributed by atoms with E-state index in [-0.39, 0.29) is 24.3 Å². The predicted molar refractivity (Wildman–Crippen MR) is 170 cm³/mol. The maximum absolute atomic E-state index is 13.5. The smallest absolute Gasteiger partial charge is 0.409 e. The highest BCUT2D eigenvalue weighted by atomic mass is 32.2. The summed E-state index contributed by atoms with van der Waals surface area (Å²) in [5, 5.41) is 0.567. The zero-order valence-corrected chi connectivity index (χ0v) is 28.5. The molecular formula is C30H40N5O11PS. The number of methoxy groups -OCH3 is 1. The third kappa shape index (κ3) is 10.1. The fourth-order valence-corrected chi connectivity index (χ4v) is 7.26. The zero-order chi connectivity index (χ0) is 33.9. The van der Waals surface area contributed by atoms with E-state index in [1.165, 1.54) is 11.8 Å². The molecule has 1 aromatic carbocycles. The fraction of sp³-hybridized carbons (Fsp3) is 0.567. The van der Waals surface area contributed by atoms with Gasteiger partial charge in [-0.1, -0.05) is 37.4 Å². The van der Waals surface area contributed by atoms with Gasteiger partial charge in [0.2, 0.25) is 19.5 Å². The van der Waals surface area contributed by atoms with E-state index in [0.717, 1.165) is 62.0 Å². The van der Waals surface area contributed by atoms with Gasteiger partial charge >= 0.3 is 19.5 Å². The van der Waals surface area contributed by atoms with Crippen LogP contribution in [-0.2, 0) is 54.0 Å². The maximum atomic E-state index is 13.5. The lowest BCUT2D eigenvalue weighted by Gasteiger charge is -2.19. The van der Waals surface area contributed by atoms with E-state index >= 15 is 0 Å². The topological polar surface area (TPSA) is 195 Å². The molecule has 2 aliphatic carbocycles. The van der Waals surface area contributed by atoms with Crippen molar-refractivity contribution in [2.24, 2.45) is 11.8 Å². The van der Waals surface area contributed by atoms with E-state index in [9.17, 15) is 14.2 Å². The Balaban J connectivity index is 1.17. The highest BCUT2D eigenvalue weighted by Gasteiger charge is 2.32. The van der Waals surface area contributed by atoms with Gasteiger partial charge in [0.1, 0.15) is 16.3 Å². The Morgan fingerprint density at radius 3 is 2.10 bits per heavy atom. The van der Waals surface area contributed by atoms with Gasteiger partial charge in [0, 0.05) is 4.90 Å². The van der Waals surface area contributed by atoms with Crippen LogP contribution in [0.4, 0.5) is 5.95 Å². The highest BCUT2D eigenvalue weighted by Crippen LogP contribution is 2.49. The van der Waals surface area contributed by atoms with Gasteiger partial charge in [-0.15, -0.1) is 9.35 Å². The third-order valence-electron chi connectivity index (χ3n) is 7.90. The molecule has 3 aromatic rings. The van der Waals surface area contributed by atoms with Crippen molar-refractivity contribution >= 4 is 48.4 Å². The molecule has 48 heavy (non-hydrogen) atoms. The van der Waals surface area contributed by atoms with Gasteiger partial charge in [-0.3, -0.25) is 14.2 Å². The van der Waals surface area contributed by atoms with Crippen LogP contribution in [-0.4, -0.2) is 64.6 Å². The standard InChI is InChI=1S/C30H40N5O11PS/c1-20(15-35-16-32-25-26(35)33-30(31)34-27(25)48-24-13-11-23(39-2)12-14-24)42-19-47(38,45-43-17-40-28(36)21-7-3-4-8-21)46-44-18-41-29(37)22-9-5-6-10-22/h11-14,16,20-22H,3-10,15,17-19H2,1-2H3,(H2,31,33,34). The quantitative estimate of drug-likeness (QED) is 0.0335. The second kappa shape index (κ2) is 17.4. The molecule has 2 aliphatic rings. The van der Waals surface area contributed by atoms with Gasteiger partial charge in [-0.25, -0.2) is 9.97 Å². The van der Waals surface area contributed by atoms with Gasteiger partial charge in [0.05, 0.1) is 37.9 Å². The number of rotatable bonds is 18. The SMILES string of the molecule is COc1ccc(Sc2nc(N)nc3c2ncn3CC(C)OCP(=O)(OOCOC(=O)C2CCCC2)OOCOC(=O)C2CCCC2)cc1. The number of hydrogen-bond acceptors (Lipinski definition) is 16. The monoisotopic (exact) mass is 709 g/mol. The summed E-state index contributed by atoms with van der Waals surface area (Å²) < 4.78 is 46.4. The summed E-state index contributed by atoms with van der Waals surface area (Å²) in [7, 11) is -2.67. The lowest BCUT2D eigenvalue weighted by Crippen LogP contribution is -2.20. The number of carbonyl (C=O) groups excluding carboxylic acids is 2. The minimum Gasteiger partial charge on any atom is -0.497 e. The highest BCUT2D eigenvalue weighted by molar-refractivity contribution is 7.99. The second-order valence-electron chi connectivity index (χ2n) is 11.5. The Bertz CT molecular complexity index is 1520. The van der Waals surface area contributed by atoms with E-state index in [1.807, 2.05) is 24.3 Å². The first-order chi connectivity index (χ1) is 23.2. The Labute approximate surface area is 281 Å². The van der Waals surface area contributed by atoms with Gasteiger partial charge in [0.25, 0.3) is 0 Å². The molecule has 262 valence electrons.